The number of methoxy groups -OCH3 is 1. The van der Waals surface area contributed by atoms with Crippen LogP contribution in [0.15, 0.2) is 10.6 Å². The van der Waals surface area contributed by atoms with Crippen LogP contribution in [0.5, 0.6) is 5.88 Å². The third-order valence-corrected chi connectivity index (χ3v) is 0.981. The van der Waals surface area contributed by atoms with Gasteiger partial charge in [0.2, 0.25) is 5.76 Å². The van der Waals surface area contributed by atoms with Crippen LogP contribution in [0.2, 0.25) is 0 Å². The Morgan fingerprint density at radius 1 is 1.90 bits per heavy atom. The second-order valence-electron chi connectivity index (χ2n) is 1.65. The topological polar surface area (TPSA) is 39.6 Å². The highest BCUT2D eigenvalue weighted by Crippen LogP contribution is 2.10. The van der Waals surface area contributed by atoms with Crippen LogP contribution in [0.1, 0.15) is 5.76 Å². The molecular weight excluding hydrogens is 132 g/mol. The van der Waals surface area contributed by atoms with E-state index in [0.717, 1.165) is 0 Å². The van der Waals surface area contributed by atoms with Gasteiger partial charge in [-0.3, -0.25) is 0 Å². The summed E-state index contributed by atoms with van der Waals surface area (Å²) >= 11 is 0. The third-order valence-electron chi connectivity index (χ3n) is 0.981. The Morgan fingerprint density at radius 2 is 2.70 bits per heavy atom. The summed E-state index contributed by atoms with van der Waals surface area (Å²) in [6.07, 6.45) is 0. The number of hydrogen-bond acceptors (Lipinski definition) is 3. The molecule has 4 heteroatoms. The number of hydrogen-bond donors (Lipinski definition) is 0. The predicted octanol–water partition coefficient (Wildman–Crippen LogP) is 1.10. The maximum absolute atomic E-state index is 6.50. The summed E-state index contributed by atoms with van der Waals surface area (Å²) < 4.78 is 9.44. The fraction of sp³-hybridized carbons (Fsp3) is 0.333. The van der Waals surface area contributed by atoms with E-state index in [1.165, 1.54) is 7.11 Å². The van der Waals surface area contributed by atoms with Gasteiger partial charge < -0.3 is 14.1 Å². The number of aromatic nitrogens is 1. The number of nitrogens with zero attached hydrogens (tertiary/aromatic N) is 2. The van der Waals surface area contributed by atoms with Crippen molar-refractivity contribution in [2.45, 2.75) is 6.54 Å². The number of ether oxygens (including phenoxy) is 1. The largest absolute Gasteiger partial charge is 0.479 e. The van der Waals surface area contributed by atoms with Crippen molar-refractivity contribution < 1.29 is 9.26 Å². The van der Waals surface area contributed by atoms with Crippen molar-refractivity contribution in [2.75, 3.05) is 7.11 Å². The Balaban J connectivity index is 2.70. The molecule has 0 amide bonds. The average Bonchev–Trinajstić information content (AvgIpc) is 2.37. The molecule has 1 rings (SSSR count). The Morgan fingerprint density at radius 3 is 3.20 bits per heavy atom. The standard InChI is InChI=1S/C6H6N2O2/c1-7-4-5-3-6(9-2)8-10-5/h3H,4H2,2H3. The van der Waals surface area contributed by atoms with Gasteiger partial charge in [0.25, 0.3) is 12.4 Å². The SMILES string of the molecule is [C-]#[N+]Cc1cc(OC)no1. The summed E-state index contributed by atoms with van der Waals surface area (Å²) in [6, 6.07) is 1.60. The molecule has 1 aromatic rings. The van der Waals surface area contributed by atoms with E-state index in [2.05, 4.69) is 10.0 Å². The van der Waals surface area contributed by atoms with Gasteiger partial charge in [0.1, 0.15) is 0 Å². The van der Waals surface area contributed by atoms with Gasteiger partial charge in [0.15, 0.2) is 0 Å². The molecule has 0 atom stereocenters. The molecule has 0 bridgehead atoms. The summed E-state index contributed by atoms with van der Waals surface area (Å²) in [7, 11) is 1.50. The zero-order chi connectivity index (χ0) is 7.40. The van der Waals surface area contributed by atoms with Gasteiger partial charge in [-0.05, 0) is 5.16 Å². The maximum Gasteiger partial charge on any atom is 0.274 e. The van der Waals surface area contributed by atoms with Gasteiger partial charge in [0, 0.05) is 0 Å². The Kier molecular flexibility index (Phi) is 1.90. The van der Waals surface area contributed by atoms with E-state index in [-0.39, 0.29) is 6.54 Å². The maximum atomic E-state index is 6.50. The molecule has 0 radical (unpaired) electrons. The molecule has 0 unspecified atom stereocenters. The lowest BCUT2D eigenvalue weighted by atomic mass is 10.5. The molecule has 0 saturated heterocycles. The van der Waals surface area contributed by atoms with Gasteiger partial charge in [-0.15, -0.1) is 0 Å². The molecule has 1 heterocycles. The molecule has 0 aliphatic heterocycles. The first-order valence-electron chi connectivity index (χ1n) is 2.69. The molecule has 0 aliphatic carbocycles. The van der Waals surface area contributed by atoms with E-state index in [9.17, 15) is 0 Å². The minimum Gasteiger partial charge on any atom is -0.479 e. The molecule has 52 valence electrons. The molecule has 4 nitrogen and oxygen atoms in total. The minimum absolute atomic E-state index is 0.219. The first-order chi connectivity index (χ1) is 4.86. The van der Waals surface area contributed by atoms with Crippen molar-refractivity contribution in [3.8, 4) is 5.88 Å². The van der Waals surface area contributed by atoms with Crippen LogP contribution in [0.4, 0.5) is 0 Å². The first-order valence-corrected chi connectivity index (χ1v) is 2.69. The second kappa shape index (κ2) is 2.87. The van der Waals surface area contributed by atoms with E-state index in [1.807, 2.05) is 0 Å². The Bertz CT molecular complexity index is 248. The van der Waals surface area contributed by atoms with Gasteiger partial charge in [-0.1, -0.05) is 0 Å². The molecule has 0 aromatic carbocycles. The molecule has 10 heavy (non-hydrogen) atoms. The van der Waals surface area contributed by atoms with Gasteiger partial charge >= 0.3 is 0 Å². The third kappa shape index (κ3) is 1.26. The zero-order valence-corrected chi connectivity index (χ0v) is 5.50. The minimum atomic E-state index is 0.219. The quantitative estimate of drug-likeness (QED) is 0.574. The summed E-state index contributed by atoms with van der Waals surface area (Å²) in [5, 5.41) is 3.51. The Hall–Kier alpha value is -1.50. The lowest BCUT2D eigenvalue weighted by Crippen LogP contribution is -1.78. The van der Waals surface area contributed by atoms with Crippen LogP contribution in [0, 0.1) is 6.57 Å². The van der Waals surface area contributed by atoms with Gasteiger partial charge in [-0.2, -0.15) is 0 Å². The zero-order valence-electron chi connectivity index (χ0n) is 5.50. The monoisotopic (exact) mass is 138 g/mol. The fourth-order valence-electron chi connectivity index (χ4n) is 0.543. The van der Waals surface area contributed by atoms with Crippen molar-refractivity contribution in [3.63, 3.8) is 0 Å². The summed E-state index contributed by atoms with van der Waals surface area (Å²) in [5.74, 6) is 0.950. The van der Waals surface area contributed by atoms with Crippen molar-refractivity contribution in [1.29, 1.82) is 0 Å². The highest BCUT2D eigenvalue weighted by Gasteiger charge is 2.04. The van der Waals surface area contributed by atoms with Crippen LogP contribution in [0.3, 0.4) is 0 Å². The lowest BCUT2D eigenvalue weighted by molar-refractivity contribution is 0.329. The second-order valence-corrected chi connectivity index (χ2v) is 1.65. The van der Waals surface area contributed by atoms with Crippen LogP contribution >= 0.6 is 0 Å². The van der Waals surface area contributed by atoms with Gasteiger partial charge in [-0.25, -0.2) is 6.57 Å². The van der Waals surface area contributed by atoms with Crippen LogP contribution in [0.25, 0.3) is 4.85 Å². The van der Waals surface area contributed by atoms with Gasteiger partial charge in [0.05, 0.1) is 13.2 Å². The first kappa shape index (κ1) is 6.62. The summed E-state index contributed by atoms with van der Waals surface area (Å²) in [4.78, 5) is 3.11. The number of rotatable bonds is 2. The average molecular weight is 138 g/mol. The molecule has 0 spiro atoms. The normalized spacial score (nSPS) is 8.80. The summed E-state index contributed by atoms with van der Waals surface area (Å²) in [6.45, 7) is 6.72. The van der Waals surface area contributed by atoms with E-state index >= 15 is 0 Å². The van der Waals surface area contributed by atoms with Crippen LogP contribution < -0.4 is 4.74 Å². The van der Waals surface area contributed by atoms with Crippen molar-refractivity contribution in [2.24, 2.45) is 0 Å². The van der Waals surface area contributed by atoms with E-state index in [0.29, 0.717) is 11.6 Å². The van der Waals surface area contributed by atoms with Crippen molar-refractivity contribution in [3.05, 3.63) is 23.2 Å². The lowest BCUT2D eigenvalue weighted by Gasteiger charge is -1.83. The van der Waals surface area contributed by atoms with Crippen LogP contribution in [-0.4, -0.2) is 12.3 Å². The summed E-state index contributed by atoms with van der Waals surface area (Å²) in [5.41, 5.74) is 0. The van der Waals surface area contributed by atoms with Crippen molar-refractivity contribution in [1.82, 2.24) is 5.16 Å². The van der Waals surface area contributed by atoms with E-state index in [4.69, 9.17) is 15.8 Å². The fourth-order valence-corrected chi connectivity index (χ4v) is 0.543. The molecule has 0 aliphatic rings. The van der Waals surface area contributed by atoms with E-state index < -0.39 is 0 Å². The predicted molar refractivity (Wildman–Crippen MR) is 33.4 cm³/mol. The van der Waals surface area contributed by atoms with E-state index in [1.54, 1.807) is 6.07 Å². The molecule has 0 N–H and O–H groups in total. The Labute approximate surface area is 58.2 Å². The molecule has 1 aromatic heterocycles. The highest BCUT2D eigenvalue weighted by molar-refractivity contribution is 5.11. The highest BCUT2D eigenvalue weighted by atomic mass is 16.5. The van der Waals surface area contributed by atoms with Crippen LogP contribution in [-0.2, 0) is 6.54 Å². The van der Waals surface area contributed by atoms with Crippen molar-refractivity contribution >= 4 is 0 Å². The smallest absolute Gasteiger partial charge is 0.274 e. The molecular formula is C6H6N2O2. The molecule has 0 saturated carbocycles. The molecule has 0 fully saturated rings.